The van der Waals surface area contributed by atoms with Crippen molar-refractivity contribution < 1.29 is 13.9 Å². The first kappa shape index (κ1) is 26.4. The fourth-order valence-corrected chi connectivity index (χ4v) is 5.17. The smallest absolute Gasteiger partial charge is 0.270 e. The summed E-state index contributed by atoms with van der Waals surface area (Å²) in [7, 11) is 0. The van der Waals surface area contributed by atoms with Crippen LogP contribution in [-0.2, 0) is 12.5 Å². The Bertz CT molecular complexity index is 1440. The Kier molecular flexibility index (Phi) is 7.40. The van der Waals surface area contributed by atoms with Gasteiger partial charge < -0.3 is 21.1 Å². The Balaban J connectivity index is 1.27. The van der Waals surface area contributed by atoms with Crippen LogP contribution in [-0.4, -0.2) is 11.3 Å². The molecule has 0 aromatic heterocycles. The second-order valence-corrected chi connectivity index (χ2v) is 10.2. The van der Waals surface area contributed by atoms with Gasteiger partial charge in [0.05, 0.1) is 0 Å². The standard InChI is InChI=1S/C33H33F2N3O/c1-21-5-4-6-29-28(25-17-18-36-31(39)19-25)15-16-30(32(21)29)38-27-13-9-24(10-14-27)22(2)37-20-23-7-11-26(12-8-23)33(3,34)35/h4-5,7-19,29,31,36-39H,2,6,20H2,1,3H3. The fourth-order valence-electron chi connectivity index (χ4n) is 5.17. The summed E-state index contributed by atoms with van der Waals surface area (Å²) in [5.74, 6) is -2.63. The molecule has 2 aromatic rings. The first-order chi connectivity index (χ1) is 18.7. The molecule has 4 nitrogen and oxygen atoms in total. The molecule has 2 aliphatic carbocycles. The van der Waals surface area contributed by atoms with Gasteiger partial charge in [-0.2, -0.15) is 0 Å². The van der Waals surface area contributed by atoms with Crippen LogP contribution in [0.25, 0.3) is 5.70 Å². The topological polar surface area (TPSA) is 56.3 Å². The molecule has 6 heteroatoms. The van der Waals surface area contributed by atoms with Crippen LogP contribution >= 0.6 is 0 Å². The zero-order valence-corrected chi connectivity index (χ0v) is 22.1. The summed E-state index contributed by atoms with van der Waals surface area (Å²) in [4.78, 5) is 0. The Hall–Kier alpha value is -4.16. The number of allylic oxidation sites excluding steroid dienone is 9. The monoisotopic (exact) mass is 525 g/mol. The molecule has 1 heterocycles. The number of aliphatic hydroxyl groups is 1. The van der Waals surface area contributed by atoms with Crippen molar-refractivity contribution in [2.45, 2.75) is 39.0 Å². The van der Waals surface area contributed by atoms with Gasteiger partial charge in [0.25, 0.3) is 5.92 Å². The number of fused-ring (bicyclic) bond motifs is 1. The average Bonchev–Trinajstić information content (AvgIpc) is 2.92. The summed E-state index contributed by atoms with van der Waals surface area (Å²) < 4.78 is 26.9. The van der Waals surface area contributed by atoms with Crippen molar-refractivity contribution in [3.63, 3.8) is 0 Å². The van der Waals surface area contributed by atoms with E-state index in [-0.39, 0.29) is 11.5 Å². The van der Waals surface area contributed by atoms with Crippen LogP contribution in [0.1, 0.15) is 37.0 Å². The third kappa shape index (κ3) is 5.96. The van der Waals surface area contributed by atoms with Gasteiger partial charge in [0, 0.05) is 42.0 Å². The van der Waals surface area contributed by atoms with Gasteiger partial charge in [0.15, 0.2) is 0 Å². The molecule has 1 aliphatic heterocycles. The van der Waals surface area contributed by atoms with Crippen molar-refractivity contribution in [1.82, 2.24) is 10.6 Å². The average molecular weight is 526 g/mol. The largest absolute Gasteiger partial charge is 0.381 e. The van der Waals surface area contributed by atoms with Crippen molar-refractivity contribution >= 4 is 11.4 Å². The molecule has 0 bridgehead atoms. The molecule has 39 heavy (non-hydrogen) atoms. The first-order valence-electron chi connectivity index (χ1n) is 13.1. The van der Waals surface area contributed by atoms with Crippen LogP contribution in [0.15, 0.2) is 126 Å². The van der Waals surface area contributed by atoms with Crippen molar-refractivity contribution in [3.8, 4) is 0 Å². The summed E-state index contributed by atoms with van der Waals surface area (Å²) in [6.45, 7) is 7.68. The maximum absolute atomic E-state index is 13.4. The van der Waals surface area contributed by atoms with Crippen LogP contribution in [0.2, 0.25) is 0 Å². The van der Waals surface area contributed by atoms with Crippen LogP contribution < -0.4 is 16.0 Å². The van der Waals surface area contributed by atoms with E-state index in [4.69, 9.17) is 0 Å². The molecule has 200 valence electrons. The molecule has 4 N–H and O–H groups in total. The van der Waals surface area contributed by atoms with E-state index in [1.54, 1.807) is 18.3 Å². The number of anilines is 1. The number of aliphatic hydroxyl groups excluding tert-OH is 1. The molecule has 0 amide bonds. The minimum Gasteiger partial charge on any atom is -0.381 e. The Morgan fingerprint density at radius 3 is 2.51 bits per heavy atom. The van der Waals surface area contributed by atoms with Gasteiger partial charge in [-0.05, 0) is 83.3 Å². The van der Waals surface area contributed by atoms with Gasteiger partial charge >= 0.3 is 0 Å². The lowest BCUT2D eigenvalue weighted by Crippen LogP contribution is -2.26. The zero-order chi connectivity index (χ0) is 27.6. The number of benzene rings is 2. The van der Waals surface area contributed by atoms with Gasteiger partial charge in [0.1, 0.15) is 6.23 Å². The third-order valence-electron chi connectivity index (χ3n) is 7.29. The highest BCUT2D eigenvalue weighted by Crippen LogP contribution is 2.42. The quantitative estimate of drug-likeness (QED) is 0.298. The molecule has 0 saturated heterocycles. The Morgan fingerprint density at radius 2 is 1.82 bits per heavy atom. The number of hydrogen-bond donors (Lipinski definition) is 4. The molecule has 0 radical (unpaired) electrons. The third-order valence-corrected chi connectivity index (χ3v) is 7.29. The lowest BCUT2D eigenvalue weighted by molar-refractivity contribution is 0.0174. The lowest BCUT2D eigenvalue weighted by atomic mass is 9.75. The van der Waals surface area contributed by atoms with Crippen LogP contribution in [0.3, 0.4) is 0 Å². The molecule has 2 unspecified atom stereocenters. The maximum Gasteiger partial charge on any atom is 0.270 e. The van der Waals surface area contributed by atoms with Crippen molar-refractivity contribution in [2.24, 2.45) is 5.92 Å². The SMILES string of the molecule is C=C(NCc1ccc(C(C)(F)F)cc1)c1ccc(NC2=CC=C(C3=CC(O)NC=C3)C3CC=CC(C)=C23)cc1. The predicted molar refractivity (Wildman–Crippen MR) is 154 cm³/mol. The number of alkyl halides is 2. The molecule has 0 fully saturated rings. The van der Waals surface area contributed by atoms with Crippen molar-refractivity contribution in [2.75, 3.05) is 5.32 Å². The van der Waals surface area contributed by atoms with Gasteiger partial charge in [-0.15, -0.1) is 0 Å². The molecular formula is C33H33F2N3O. The summed E-state index contributed by atoms with van der Waals surface area (Å²) in [5, 5.41) is 19.8. The number of dihydropyridines is 1. The lowest BCUT2D eigenvalue weighted by Gasteiger charge is -2.33. The fraction of sp³-hybridized carbons (Fsp3) is 0.212. The van der Waals surface area contributed by atoms with Crippen LogP contribution in [0.5, 0.6) is 0 Å². The Labute approximate surface area is 228 Å². The van der Waals surface area contributed by atoms with E-state index in [9.17, 15) is 13.9 Å². The molecular weight excluding hydrogens is 492 g/mol. The van der Waals surface area contributed by atoms with E-state index >= 15 is 0 Å². The van der Waals surface area contributed by atoms with E-state index in [0.29, 0.717) is 6.54 Å². The van der Waals surface area contributed by atoms with Crippen LogP contribution in [0.4, 0.5) is 14.5 Å². The molecule has 2 aromatic carbocycles. The second-order valence-electron chi connectivity index (χ2n) is 10.2. The molecule has 0 saturated carbocycles. The number of nitrogens with one attached hydrogen (secondary N) is 3. The summed E-state index contributed by atoms with van der Waals surface area (Å²) in [5.41, 5.74) is 9.39. The predicted octanol–water partition coefficient (Wildman–Crippen LogP) is 7.05. The highest BCUT2D eigenvalue weighted by atomic mass is 19.3. The van der Waals surface area contributed by atoms with Crippen LogP contribution in [0, 0.1) is 5.92 Å². The van der Waals surface area contributed by atoms with Gasteiger partial charge in [-0.3, -0.25) is 0 Å². The highest BCUT2D eigenvalue weighted by Gasteiger charge is 2.29. The van der Waals surface area contributed by atoms with Gasteiger partial charge in [0.2, 0.25) is 0 Å². The minimum absolute atomic E-state index is 0.00787. The molecule has 0 spiro atoms. The normalized spacial score (nSPS) is 20.4. The maximum atomic E-state index is 13.4. The summed E-state index contributed by atoms with van der Waals surface area (Å²) in [6.07, 6.45) is 14.5. The summed E-state index contributed by atoms with van der Waals surface area (Å²) >= 11 is 0. The highest BCUT2D eigenvalue weighted by molar-refractivity contribution is 5.67. The minimum atomic E-state index is -2.84. The Morgan fingerprint density at radius 1 is 1.08 bits per heavy atom. The van der Waals surface area contributed by atoms with Crippen molar-refractivity contribution in [3.05, 3.63) is 142 Å². The van der Waals surface area contributed by atoms with E-state index in [1.165, 1.54) is 28.9 Å². The zero-order valence-electron chi connectivity index (χ0n) is 22.1. The molecule has 3 aliphatic rings. The molecule has 2 atom stereocenters. The van der Waals surface area contributed by atoms with Crippen molar-refractivity contribution in [1.29, 1.82) is 0 Å². The first-order valence-corrected chi connectivity index (χ1v) is 13.1. The second kappa shape index (κ2) is 10.9. The van der Waals surface area contributed by atoms with E-state index in [0.717, 1.165) is 47.1 Å². The number of rotatable bonds is 8. The van der Waals surface area contributed by atoms with E-state index in [1.807, 2.05) is 36.4 Å². The number of halogens is 2. The van der Waals surface area contributed by atoms with E-state index in [2.05, 4.69) is 53.8 Å². The molecule has 5 rings (SSSR count). The van der Waals surface area contributed by atoms with E-state index < -0.39 is 12.2 Å². The number of hydrogen-bond acceptors (Lipinski definition) is 4. The van der Waals surface area contributed by atoms with Gasteiger partial charge in [-0.1, -0.05) is 61.2 Å². The summed E-state index contributed by atoms with van der Waals surface area (Å²) in [6, 6.07) is 14.4. The van der Waals surface area contributed by atoms with Gasteiger partial charge in [-0.25, -0.2) is 8.78 Å².